The molecule has 0 saturated heterocycles. The van der Waals surface area contributed by atoms with Crippen molar-refractivity contribution in [1.29, 1.82) is 0 Å². The average molecular weight is 504 g/mol. The third-order valence-corrected chi connectivity index (χ3v) is 6.34. The molecule has 0 aliphatic carbocycles. The summed E-state index contributed by atoms with van der Waals surface area (Å²) in [6.07, 6.45) is 0. The van der Waals surface area contributed by atoms with Crippen LogP contribution in [0.2, 0.25) is 5.02 Å². The van der Waals surface area contributed by atoms with Crippen LogP contribution in [0, 0.1) is 17.4 Å². The monoisotopic (exact) mass is 503 g/mol. The highest BCUT2D eigenvalue weighted by Crippen LogP contribution is 2.37. The Kier molecular flexibility index (Phi) is 4.10. The highest BCUT2D eigenvalue weighted by molar-refractivity contribution is 14.1. The molecule has 0 bridgehead atoms. The Morgan fingerprint density at radius 3 is 2.46 bits per heavy atom. The van der Waals surface area contributed by atoms with Crippen molar-refractivity contribution < 1.29 is 4.74 Å². The summed E-state index contributed by atoms with van der Waals surface area (Å²) in [7, 11) is 0. The summed E-state index contributed by atoms with van der Waals surface area (Å²) in [5.74, 6) is 0.658. The Labute approximate surface area is 179 Å². The minimum Gasteiger partial charge on any atom is -0.484 e. The second kappa shape index (κ2) is 6.42. The van der Waals surface area contributed by atoms with Gasteiger partial charge in [-0.15, -0.1) is 0 Å². The van der Waals surface area contributed by atoms with Gasteiger partial charge in [-0.25, -0.2) is 9.97 Å². The Morgan fingerprint density at radius 1 is 1.07 bits per heavy atom. The second-order valence-electron chi connectivity index (χ2n) is 7.02. The van der Waals surface area contributed by atoms with Crippen LogP contribution in [0.1, 0.15) is 22.5 Å². The molecule has 5 rings (SSSR count). The first kappa shape index (κ1) is 17.9. The number of fused-ring (bicyclic) bond motifs is 2. The van der Waals surface area contributed by atoms with Crippen molar-refractivity contribution in [2.24, 2.45) is 0 Å². The topological polar surface area (TPSA) is 57.0 Å². The van der Waals surface area contributed by atoms with Gasteiger partial charge >= 0.3 is 0 Å². The molecule has 0 saturated carbocycles. The van der Waals surface area contributed by atoms with E-state index >= 15 is 0 Å². The van der Waals surface area contributed by atoms with Gasteiger partial charge in [-0.1, -0.05) is 11.6 Å². The molecule has 1 aliphatic heterocycles. The van der Waals surface area contributed by atoms with Crippen molar-refractivity contribution in [2.75, 3.05) is 0 Å². The van der Waals surface area contributed by atoms with E-state index in [9.17, 15) is 4.79 Å². The summed E-state index contributed by atoms with van der Waals surface area (Å²) >= 11 is 8.63. The fourth-order valence-corrected chi connectivity index (χ4v) is 4.76. The lowest BCUT2D eigenvalue weighted by atomic mass is 10.1. The standard InChI is InChI=1S/C21H15ClIN3O2/c1-10-5-15-16(6-11(10)2)25-18-9-28-21-14(23)7-13(22)12-3-4-19(27)26(20(12)21)8-17(18)24-15/h3-7H,8-9H2,1-2H3. The molecule has 7 heteroatoms. The molecule has 140 valence electrons. The Morgan fingerprint density at radius 2 is 1.75 bits per heavy atom. The van der Waals surface area contributed by atoms with Crippen molar-refractivity contribution in [3.05, 3.63) is 71.8 Å². The smallest absolute Gasteiger partial charge is 0.251 e. The average Bonchev–Trinajstić information content (AvgIpc) is 2.63. The van der Waals surface area contributed by atoms with Crippen LogP contribution in [0.4, 0.5) is 0 Å². The van der Waals surface area contributed by atoms with E-state index in [-0.39, 0.29) is 5.56 Å². The Balaban J connectivity index is 1.82. The second-order valence-corrected chi connectivity index (χ2v) is 8.59. The molecule has 0 spiro atoms. The van der Waals surface area contributed by atoms with E-state index in [4.69, 9.17) is 26.3 Å². The molecule has 0 amide bonds. The molecule has 0 radical (unpaired) electrons. The Hall–Kier alpha value is -2.19. The van der Waals surface area contributed by atoms with E-state index in [2.05, 4.69) is 36.4 Å². The molecule has 5 nitrogen and oxygen atoms in total. The van der Waals surface area contributed by atoms with Gasteiger partial charge in [0.15, 0.2) is 5.75 Å². The number of hydrogen-bond acceptors (Lipinski definition) is 4. The fraction of sp³-hybridized carbons (Fsp3) is 0.190. The molecular weight excluding hydrogens is 489 g/mol. The zero-order valence-corrected chi connectivity index (χ0v) is 18.1. The maximum Gasteiger partial charge on any atom is 0.251 e. The molecule has 2 aromatic carbocycles. The lowest BCUT2D eigenvalue weighted by Crippen LogP contribution is -2.24. The van der Waals surface area contributed by atoms with Crippen molar-refractivity contribution in [3.63, 3.8) is 0 Å². The fourth-order valence-electron chi connectivity index (χ4n) is 3.60. The van der Waals surface area contributed by atoms with Gasteiger partial charge in [0, 0.05) is 11.5 Å². The van der Waals surface area contributed by atoms with Crippen molar-refractivity contribution >= 4 is 56.1 Å². The normalized spacial score (nSPS) is 13.1. The number of pyridine rings is 1. The Bertz CT molecular complexity index is 1360. The largest absolute Gasteiger partial charge is 0.484 e. The molecule has 3 heterocycles. The number of ether oxygens (including phenoxy) is 1. The first-order valence-electron chi connectivity index (χ1n) is 8.83. The molecule has 0 unspecified atom stereocenters. The number of aromatic nitrogens is 3. The van der Waals surface area contributed by atoms with Gasteiger partial charge in [-0.05, 0) is 71.8 Å². The summed E-state index contributed by atoms with van der Waals surface area (Å²) in [4.78, 5) is 22.4. The van der Waals surface area contributed by atoms with E-state index in [1.807, 2.05) is 18.2 Å². The highest BCUT2D eigenvalue weighted by atomic mass is 127. The quantitative estimate of drug-likeness (QED) is 0.325. The number of rotatable bonds is 0. The van der Waals surface area contributed by atoms with Crippen LogP contribution in [-0.2, 0) is 13.2 Å². The highest BCUT2D eigenvalue weighted by Gasteiger charge is 2.21. The van der Waals surface area contributed by atoms with E-state index < -0.39 is 0 Å². The first-order valence-corrected chi connectivity index (χ1v) is 10.3. The SMILES string of the molecule is Cc1cc2nc3c(nc2cc1C)Cn1c(=O)ccc2c(Cl)cc(I)c(c21)OC3. The van der Waals surface area contributed by atoms with E-state index in [0.29, 0.717) is 29.4 Å². The minimum absolute atomic E-state index is 0.120. The lowest BCUT2D eigenvalue weighted by Gasteiger charge is -2.21. The van der Waals surface area contributed by atoms with Crippen molar-refractivity contribution in [2.45, 2.75) is 27.0 Å². The molecule has 0 fully saturated rings. The molecule has 0 N–H and O–H groups in total. The van der Waals surface area contributed by atoms with Gasteiger partial charge in [0.05, 0.1) is 37.4 Å². The number of benzene rings is 2. The summed E-state index contributed by atoms with van der Waals surface area (Å²) in [5.41, 5.74) is 6.06. The van der Waals surface area contributed by atoms with Crippen LogP contribution in [0.3, 0.4) is 0 Å². The maximum atomic E-state index is 12.7. The van der Waals surface area contributed by atoms with Crippen molar-refractivity contribution in [1.82, 2.24) is 14.5 Å². The van der Waals surface area contributed by atoms with Gasteiger partial charge in [-0.3, -0.25) is 9.36 Å². The first-order chi connectivity index (χ1) is 13.4. The third kappa shape index (κ3) is 2.69. The van der Waals surface area contributed by atoms with Crippen LogP contribution in [0.5, 0.6) is 5.75 Å². The molecule has 0 atom stereocenters. The van der Waals surface area contributed by atoms with E-state index in [1.165, 1.54) is 11.6 Å². The van der Waals surface area contributed by atoms with Crippen LogP contribution in [0.15, 0.2) is 35.1 Å². The van der Waals surface area contributed by atoms with E-state index in [0.717, 1.165) is 36.9 Å². The van der Waals surface area contributed by atoms with Crippen molar-refractivity contribution in [3.8, 4) is 5.75 Å². The predicted octanol–water partition coefficient (Wildman–Crippen LogP) is 4.76. The van der Waals surface area contributed by atoms with Gasteiger partial charge < -0.3 is 4.74 Å². The van der Waals surface area contributed by atoms with E-state index in [1.54, 1.807) is 10.6 Å². The number of nitrogens with zero attached hydrogens (tertiary/aromatic N) is 3. The summed E-state index contributed by atoms with van der Waals surface area (Å²) in [6.45, 7) is 4.74. The van der Waals surface area contributed by atoms with Crippen LogP contribution in [-0.4, -0.2) is 14.5 Å². The minimum atomic E-state index is -0.120. The van der Waals surface area contributed by atoms with Gasteiger partial charge in [0.2, 0.25) is 0 Å². The zero-order chi connectivity index (χ0) is 19.6. The third-order valence-electron chi connectivity index (χ3n) is 5.22. The summed E-state index contributed by atoms with van der Waals surface area (Å²) < 4.78 is 8.68. The van der Waals surface area contributed by atoms with Gasteiger partial charge in [0.1, 0.15) is 12.3 Å². The summed E-state index contributed by atoms with van der Waals surface area (Å²) in [6, 6.07) is 9.22. The lowest BCUT2D eigenvalue weighted by molar-refractivity contribution is 0.296. The molecule has 2 aromatic heterocycles. The molecule has 28 heavy (non-hydrogen) atoms. The molecule has 4 aromatic rings. The van der Waals surface area contributed by atoms with Gasteiger partial charge in [0.25, 0.3) is 5.56 Å². The predicted molar refractivity (Wildman–Crippen MR) is 118 cm³/mol. The van der Waals surface area contributed by atoms with Crippen LogP contribution >= 0.6 is 34.2 Å². The van der Waals surface area contributed by atoms with Crippen LogP contribution < -0.4 is 10.3 Å². The zero-order valence-electron chi connectivity index (χ0n) is 15.2. The van der Waals surface area contributed by atoms with Crippen LogP contribution in [0.25, 0.3) is 21.9 Å². The number of hydrogen-bond donors (Lipinski definition) is 0. The summed E-state index contributed by atoms with van der Waals surface area (Å²) in [5, 5.41) is 1.39. The number of halogens is 2. The molecule has 1 aliphatic rings. The number of aryl methyl sites for hydroxylation is 2. The van der Waals surface area contributed by atoms with Gasteiger partial charge in [-0.2, -0.15) is 0 Å². The molecular formula is C21H15ClIN3O2. The maximum absolute atomic E-state index is 12.7.